The Labute approximate surface area is 379 Å². The second kappa shape index (κ2) is 14.0. The van der Waals surface area contributed by atoms with Crippen LogP contribution in [0.25, 0.3) is 110 Å². The number of hydrogen-bond acceptors (Lipinski definition) is 0. The summed E-state index contributed by atoms with van der Waals surface area (Å²) in [6.07, 6.45) is 10.1. The van der Waals surface area contributed by atoms with E-state index < -0.39 is 0 Å². The van der Waals surface area contributed by atoms with Gasteiger partial charge in [0, 0.05) is 11.8 Å². The van der Waals surface area contributed by atoms with Crippen LogP contribution in [0.2, 0.25) is 0 Å². The molecule has 4 aliphatic carbocycles. The summed E-state index contributed by atoms with van der Waals surface area (Å²) < 4.78 is 0. The average molecular weight is 823 g/mol. The molecule has 10 aromatic carbocycles. The predicted octanol–water partition coefficient (Wildman–Crippen LogP) is 17.3. The van der Waals surface area contributed by atoms with Crippen molar-refractivity contribution in [2.75, 3.05) is 0 Å². The second-order valence-corrected chi connectivity index (χ2v) is 18.2. The molecule has 0 N–H and O–H groups in total. The van der Waals surface area contributed by atoms with Gasteiger partial charge in [0.1, 0.15) is 0 Å². The lowest BCUT2D eigenvalue weighted by molar-refractivity contribution is 0.759. The molecule has 0 amide bonds. The quantitative estimate of drug-likeness (QED) is 0.152. The van der Waals surface area contributed by atoms with Crippen molar-refractivity contribution >= 4 is 54.6 Å². The summed E-state index contributed by atoms with van der Waals surface area (Å²) in [5.41, 5.74) is 25.4. The Bertz CT molecular complexity index is 3800. The average Bonchev–Trinajstić information content (AvgIpc) is 3.87. The Balaban J connectivity index is 1.11. The van der Waals surface area contributed by atoms with Gasteiger partial charge in [0.15, 0.2) is 0 Å². The Morgan fingerprint density at radius 1 is 0.262 bits per heavy atom. The van der Waals surface area contributed by atoms with Crippen molar-refractivity contribution in [3.63, 3.8) is 0 Å². The molecule has 0 nitrogen and oxygen atoms in total. The SMILES string of the molecule is Cc1ccccc1-c1cccc(-c2c3c(c(-c4ccccc4)c4ccccc24)C2=CC=C4c5c(c(-c6ccccc6)c6cc7ccccc7cc6c5-c5ccccc5)C5=CC=C3C2C45)c1. The third-order valence-electron chi connectivity index (χ3n) is 14.9. The smallest absolute Gasteiger partial charge is 0.0212 e. The van der Waals surface area contributed by atoms with E-state index in [9.17, 15) is 0 Å². The molecule has 302 valence electrons. The van der Waals surface area contributed by atoms with E-state index in [0.717, 1.165) is 0 Å². The van der Waals surface area contributed by atoms with Gasteiger partial charge in [-0.2, -0.15) is 0 Å². The molecule has 2 unspecified atom stereocenters. The molecule has 0 heterocycles. The molecule has 0 bridgehead atoms. The van der Waals surface area contributed by atoms with Gasteiger partial charge in [0.2, 0.25) is 0 Å². The van der Waals surface area contributed by atoms with E-state index in [-0.39, 0.29) is 11.8 Å². The van der Waals surface area contributed by atoms with Crippen LogP contribution in [0.5, 0.6) is 0 Å². The summed E-state index contributed by atoms with van der Waals surface area (Å²) in [5, 5.41) is 7.72. The van der Waals surface area contributed by atoms with Gasteiger partial charge >= 0.3 is 0 Å². The van der Waals surface area contributed by atoms with Gasteiger partial charge in [-0.3, -0.25) is 0 Å². The maximum absolute atomic E-state index is 2.52. The van der Waals surface area contributed by atoms with Crippen LogP contribution in [-0.4, -0.2) is 0 Å². The van der Waals surface area contributed by atoms with Gasteiger partial charge in [-0.25, -0.2) is 0 Å². The van der Waals surface area contributed by atoms with Gasteiger partial charge in [-0.1, -0.05) is 206 Å². The van der Waals surface area contributed by atoms with Crippen molar-refractivity contribution in [2.45, 2.75) is 6.92 Å². The van der Waals surface area contributed by atoms with Crippen LogP contribution in [-0.2, 0) is 0 Å². The zero-order chi connectivity index (χ0) is 42.8. The number of fused-ring (bicyclic) bond motifs is 9. The summed E-state index contributed by atoms with van der Waals surface area (Å²) in [7, 11) is 0. The third-order valence-corrected chi connectivity index (χ3v) is 14.9. The van der Waals surface area contributed by atoms with E-state index in [2.05, 4.69) is 231 Å². The van der Waals surface area contributed by atoms with E-state index >= 15 is 0 Å². The van der Waals surface area contributed by atoms with Crippen molar-refractivity contribution in [2.24, 2.45) is 11.8 Å². The highest BCUT2D eigenvalue weighted by Gasteiger charge is 2.51. The molecule has 0 fully saturated rings. The molecule has 0 aromatic heterocycles. The minimum Gasteiger partial charge on any atom is -0.0622 e. The monoisotopic (exact) mass is 822 g/mol. The standard InChI is InChI=1S/C65H42/c1-39-18-11-14-29-47(39)45-27-17-28-46(36-45)59-49-31-16-15-30-48(49)56(40-19-5-2-6-20-40)62-50-32-33-51-61-52(34-35-53(60(50)61)65(59)62)64-58(42-23-9-4-10-24-42)55-38-44-26-13-12-25-43(44)37-54(55)57(63(51)64)41-21-7-3-8-22-41/h2-38,60-61H,1H3. The van der Waals surface area contributed by atoms with E-state index in [1.807, 2.05) is 0 Å². The first-order chi connectivity index (χ1) is 32.2. The van der Waals surface area contributed by atoms with Crippen LogP contribution in [0.1, 0.15) is 27.8 Å². The predicted molar refractivity (Wildman–Crippen MR) is 276 cm³/mol. The molecule has 0 aliphatic heterocycles. The molecule has 4 aliphatic rings. The summed E-state index contributed by atoms with van der Waals surface area (Å²) in [6, 6.07) is 74.6. The molecule has 65 heavy (non-hydrogen) atoms. The first kappa shape index (κ1) is 36.4. The van der Waals surface area contributed by atoms with Crippen LogP contribution in [0, 0.1) is 18.8 Å². The molecule has 2 atom stereocenters. The molecular formula is C65H42. The molecule has 14 rings (SSSR count). The lowest BCUT2D eigenvalue weighted by Crippen LogP contribution is -2.18. The molecule has 10 aromatic rings. The maximum Gasteiger partial charge on any atom is 0.0212 e. The van der Waals surface area contributed by atoms with Gasteiger partial charge in [-0.15, -0.1) is 0 Å². The molecule has 0 saturated carbocycles. The highest BCUT2D eigenvalue weighted by Crippen LogP contribution is 2.68. The molecule has 0 spiro atoms. The Kier molecular flexibility index (Phi) is 7.83. The number of hydrogen-bond donors (Lipinski definition) is 0. The Morgan fingerprint density at radius 3 is 1.08 bits per heavy atom. The van der Waals surface area contributed by atoms with Crippen molar-refractivity contribution < 1.29 is 0 Å². The highest BCUT2D eigenvalue weighted by molar-refractivity contribution is 6.25. The van der Waals surface area contributed by atoms with Gasteiger partial charge < -0.3 is 0 Å². The highest BCUT2D eigenvalue weighted by atomic mass is 14.5. The number of allylic oxidation sites excluding steroid dienone is 8. The first-order valence-corrected chi connectivity index (χ1v) is 23.0. The van der Waals surface area contributed by atoms with Crippen LogP contribution < -0.4 is 0 Å². The topological polar surface area (TPSA) is 0 Å². The van der Waals surface area contributed by atoms with Crippen LogP contribution in [0.3, 0.4) is 0 Å². The zero-order valence-electron chi connectivity index (χ0n) is 36.0. The summed E-state index contributed by atoms with van der Waals surface area (Å²) in [4.78, 5) is 0. The van der Waals surface area contributed by atoms with Crippen LogP contribution >= 0.6 is 0 Å². The van der Waals surface area contributed by atoms with Crippen molar-refractivity contribution in [1.29, 1.82) is 0 Å². The fourth-order valence-electron chi connectivity index (χ4n) is 12.3. The lowest BCUT2D eigenvalue weighted by atomic mass is 9.71. The molecule has 0 heteroatoms. The lowest BCUT2D eigenvalue weighted by Gasteiger charge is -2.31. The minimum absolute atomic E-state index is 0.157. The first-order valence-electron chi connectivity index (χ1n) is 23.0. The van der Waals surface area contributed by atoms with E-state index in [1.165, 1.54) is 138 Å². The largest absolute Gasteiger partial charge is 0.0622 e. The van der Waals surface area contributed by atoms with Crippen LogP contribution in [0.4, 0.5) is 0 Å². The fourth-order valence-corrected chi connectivity index (χ4v) is 12.3. The normalized spacial score (nSPS) is 16.4. The van der Waals surface area contributed by atoms with E-state index in [4.69, 9.17) is 0 Å². The maximum atomic E-state index is 2.52. The summed E-state index contributed by atoms with van der Waals surface area (Å²) in [5.74, 6) is 0.316. The molecular weight excluding hydrogens is 781 g/mol. The zero-order valence-corrected chi connectivity index (χ0v) is 36.0. The Hall–Kier alpha value is -8.06. The summed E-state index contributed by atoms with van der Waals surface area (Å²) in [6.45, 7) is 2.22. The number of benzene rings is 10. The molecule has 0 radical (unpaired) electrons. The number of rotatable bonds is 5. The second-order valence-electron chi connectivity index (χ2n) is 18.2. The number of aryl methyl sites for hydroxylation is 1. The van der Waals surface area contributed by atoms with Crippen molar-refractivity contribution in [3.8, 4) is 55.6 Å². The fraction of sp³-hybridized carbons (Fsp3) is 0.0462. The van der Waals surface area contributed by atoms with Gasteiger partial charge in [-0.05, 0) is 163 Å². The third kappa shape index (κ3) is 5.20. The van der Waals surface area contributed by atoms with Crippen LogP contribution in [0.15, 0.2) is 224 Å². The van der Waals surface area contributed by atoms with Crippen molar-refractivity contribution in [1.82, 2.24) is 0 Å². The Morgan fingerprint density at radius 2 is 0.615 bits per heavy atom. The van der Waals surface area contributed by atoms with E-state index in [0.29, 0.717) is 0 Å². The van der Waals surface area contributed by atoms with Crippen molar-refractivity contribution in [3.05, 3.63) is 252 Å². The van der Waals surface area contributed by atoms with Gasteiger partial charge in [0.05, 0.1) is 0 Å². The minimum atomic E-state index is 0.157. The summed E-state index contributed by atoms with van der Waals surface area (Å²) >= 11 is 0. The van der Waals surface area contributed by atoms with E-state index in [1.54, 1.807) is 0 Å². The molecule has 0 saturated heterocycles. The van der Waals surface area contributed by atoms with Gasteiger partial charge in [0.25, 0.3) is 0 Å².